The Labute approximate surface area is 155 Å². The Morgan fingerprint density at radius 3 is 2.65 bits per heavy atom. The van der Waals surface area contributed by atoms with Gasteiger partial charge in [0.15, 0.2) is 5.96 Å². The number of hydrogen-bond donors (Lipinski definition) is 2. The quantitative estimate of drug-likeness (QED) is 0.425. The number of rotatable bonds is 6. The largest absolute Gasteiger partial charge is 0.357 e. The Bertz CT molecular complexity index is 599. The maximum Gasteiger partial charge on any atom is 0.191 e. The first-order chi connectivity index (χ1) is 10.8. The minimum absolute atomic E-state index is 0. The van der Waals surface area contributed by atoms with Crippen LogP contribution in [0.15, 0.2) is 53.8 Å². The topological polar surface area (TPSA) is 49.3 Å². The van der Waals surface area contributed by atoms with E-state index in [1.165, 1.54) is 16.7 Å². The summed E-state index contributed by atoms with van der Waals surface area (Å²) in [6.45, 7) is 6.55. The van der Waals surface area contributed by atoms with Gasteiger partial charge in [-0.2, -0.15) is 0 Å². The molecule has 0 bridgehead atoms. The highest BCUT2D eigenvalue weighted by Gasteiger charge is 1.98. The van der Waals surface area contributed by atoms with E-state index in [9.17, 15) is 0 Å². The van der Waals surface area contributed by atoms with Crippen molar-refractivity contribution in [1.29, 1.82) is 0 Å². The molecule has 0 radical (unpaired) electrons. The Kier molecular flexibility index (Phi) is 9.28. The average Bonchev–Trinajstić information content (AvgIpc) is 2.54. The number of hydrogen-bond acceptors (Lipinski definition) is 2. The third-order valence-corrected chi connectivity index (χ3v) is 3.28. The molecule has 124 valence electrons. The molecule has 5 heteroatoms. The number of aromatic nitrogens is 1. The van der Waals surface area contributed by atoms with Crippen molar-refractivity contribution in [3.05, 3.63) is 65.5 Å². The molecular weight excluding hydrogens is 399 g/mol. The summed E-state index contributed by atoms with van der Waals surface area (Å²) in [6.07, 6.45) is 4.63. The van der Waals surface area contributed by atoms with Crippen LogP contribution in [0, 0.1) is 6.92 Å². The number of benzene rings is 1. The van der Waals surface area contributed by atoms with E-state index in [1.807, 2.05) is 12.3 Å². The Morgan fingerprint density at radius 2 is 1.96 bits per heavy atom. The number of aryl methyl sites for hydroxylation is 1. The molecule has 1 aromatic heterocycles. The maximum absolute atomic E-state index is 4.63. The van der Waals surface area contributed by atoms with Crippen molar-refractivity contribution >= 4 is 29.9 Å². The van der Waals surface area contributed by atoms with Crippen LogP contribution in [0.2, 0.25) is 0 Å². The summed E-state index contributed by atoms with van der Waals surface area (Å²) in [4.78, 5) is 8.76. The molecule has 0 spiro atoms. The summed E-state index contributed by atoms with van der Waals surface area (Å²) in [5, 5.41) is 6.64. The molecule has 2 aromatic rings. The molecule has 1 aromatic carbocycles. The minimum Gasteiger partial charge on any atom is -0.357 e. The van der Waals surface area contributed by atoms with Crippen LogP contribution >= 0.6 is 24.0 Å². The van der Waals surface area contributed by atoms with Crippen LogP contribution in [0.5, 0.6) is 0 Å². The van der Waals surface area contributed by atoms with E-state index >= 15 is 0 Å². The molecule has 0 amide bonds. The second-order valence-corrected chi connectivity index (χ2v) is 5.22. The highest BCUT2D eigenvalue weighted by molar-refractivity contribution is 14.0. The van der Waals surface area contributed by atoms with E-state index in [2.05, 4.69) is 64.8 Å². The second kappa shape index (κ2) is 11.0. The molecule has 4 nitrogen and oxygen atoms in total. The average molecular weight is 424 g/mol. The summed E-state index contributed by atoms with van der Waals surface area (Å²) in [5.41, 5.74) is 3.72. The molecule has 0 unspecified atom stereocenters. The summed E-state index contributed by atoms with van der Waals surface area (Å²) in [5.74, 6) is 0.855. The first-order valence-electron chi connectivity index (χ1n) is 7.74. The van der Waals surface area contributed by atoms with Gasteiger partial charge in [0.25, 0.3) is 0 Å². The lowest BCUT2D eigenvalue weighted by Crippen LogP contribution is -2.38. The summed E-state index contributed by atoms with van der Waals surface area (Å²) >= 11 is 0. The number of aliphatic imine (C=N–C) groups is 1. The number of halogens is 1. The molecule has 1 heterocycles. The lowest BCUT2D eigenvalue weighted by molar-refractivity contribution is 0.798. The summed E-state index contributed by atoms with van der Waals surface area (Å²) in [6, 6.07) is 12.5. The van der Waals surface area contributed by atoms with Gasteiger partial charge in [0.05, 0.1) is 6.54 Å². The van der Waals surface area contributed by atoms with Gasteiger partial charge in [0.1, 0.15) is 0 Å². The first-order valence-corrected chi connectivity index (χ1v) is 7.74. The van der Waals surface area contributed by atoms with Crippen molar-refractivity contribution in [3.63, 3.8) is 0 Å². The van der Waals surface area contributed by atoms with E-state index in [0.29, 0.717) is 6.54 Å². The van der Waals surface area contributed by atoms with Crippen LogP contribution in [0.1, 0.15) is 23.6 Å². The van der Waals surface area contributed by atoms with Gasteiger partial charge in [-0.05, 0) is 37.5 Å². The van der Waals surface area contributed by atoms with Crippen LogP contribution in [0.3, 0.4) is 0 Å². The van der Waals surface area contributed by atoms with Crippen LogP contribution < -0.4 is 10.6 Å². The highest BCUT2D eigenvalue weighted by atomic mass is 127. The lowest BCUT2D eigenvalue weighted by atomic mass is 10.1. The summed E-state index contributed by atoms with van der Waals surface area (Å²) in [7, 11) is 0. The van der Waals surface area contributed by atoms with Crippen LogP contribution in [-0.2, 0) is 13.0 Å². The van der Waals surface area contributed by atoms with E-state index in [1.54, 1.807) is 6.20 Å². The number of nitrogens with zero attached hydrogens (tertiary/aromatic N) is 2. The number of guanidine groups is 1. The van der Waals surface area contributed by atoms with Crippen molar-refractivity contribution in [2.24, 2.45) is 4.99 Å². The minimum atomic E-state index is 0. The van der Waals surface area contributed by atoms with Gasteiger partial charge < -0.3 is 10.6 Å². The molecule has 0 saturated carbocycles. The van der Waals surface area contributed by atoms with Crippen LogP contribution in [0.4, 0.5) is 0 Å². The molecule has 2 N–H and O–H groups in total. The SMILES string of the molecule is CCNC(=NCc1cccc(C)c1)NCCc1cccnc1.I. The zero-order chi connectivity index (χ0) is 15.6. The third kappa shape index (κ3) is 7.45. The number of pyridine rings is 1. The predicted octanol–water partition coefficient (Wildman–Crippen LogP) is 3.31. The van der Waals surface area contributed by atoms with Crippen molar-refractivity contribution < 1.29 is 0 Å². The fraction of sp³-hybridized carbons (Fsp3) is 0.333. The molecule has 2 rings (SSSR count). The zero-order valence-corrected chi connectivity index (χ0v) is 16.1. The lowest BCUT2D eigenvalue weighted by Gasteiger charge is -2.11. The molecule has 0 aliphatic heterocycles. The van der Waals surface area contributed by atoms with Crippen LogP contribution in [0.25, 0.3) is 0 Å². The standard InChI is InChI=1S/C18H24N4.HI/c1-3-20-18(21-11-9-16-8-5-10-19-13-16)22-14-17-7-4-6-15(2)12-17;/h4-8,10,12-13H,3,9,11,14H2,1-2H3,(H2,20,21,22);1H. The van der Waals surface area contributed by atoms with Gasteiger partial charge in [0, 0.05) is 25.5 Å². The third-order valence-electron chi connectivity index (χ3n) is 3.28. The molecule has 0 aliphatic rings. The normalized spacial score (nSPS) is 10.8. The zero-order valence-electron chi connectivity index (χ0n) is 13.7. The van der Waals surface area contributed by atoms with Crippen LogP contribution in [-0.4, -0.2) is 24.0 Å². The fourth-order valence-corrected chi connectivity index (χ4v) is 2.19. The monoisotopic (exact) mass is 424 g/mol. The van der Waals surface area contributed by atoms with E-state index in [-0.39, 0.29) is 24.0 Å². The number of nitrogens with one attached hydrogen (secondary N) is 2. The maximum atomic E-state index is 4.63. The molecule has 0 saturated heterocycles. The Balaban J connectivity index is 0.00000264. The van der Waals surface area contributed by atoms with E-state index in [4.69, 9.17) is 0 Å². The molecule has 0 aliphatic carbocycles. The van der Waals surface area contributed by atoms with Crippen molar-refractivity contribution in [2.75, 3.05) is 13.1 Å². The molecular formula is C18H25IN4. The summed E-state index contributed by atoms with van der Waals surface area (Å²) < 4.78 is 0. The molecule has 0 atom stereocenters. The molecule has 0 fully saturated rings. The van der Waals surface area contributed by atoms with E-state index < -0.39 is 0 Å². The Morgan fingerprint density at radius 1 is 1.13 bits per heavy atom. The van der Waals surface area contributed by atoms with Crippen molar-refractivity contribution in [1.82, 2.24) is 15.6 Å². The fourth-order valence-electron chi connectivity index (χ4n) is 2.19. The van der Waals surface area contributed by atoms with E-state index in [0.717, 1.165) is 25.5 Å². The van der Waals surface area contributed by atoms with Gasteiger partial charge in [-0.25, -0.2) is 4.99 Å². The van der Waals surface area contributed by atoms with Crippen molar-refractivity contribution in [3.8, 4) is 0 Å². The smallest absolute Gasteiger partial charge is 0.191 e. The second-order valence-electron chi connectivity index (χ2n) is 5.22. The van der Waals surface area contributed by atoms with Gasteiger partial charge in [-0.15, -0.1) is 24.0 Å². The van der Waals surface area contributed by atoms with Gasteiger partial charge >= 0.3 is 0 Å². The van der Waals surface area contributed by atoms with Gasteiger partial charge in [-0.1, -0.05) is 35.9 Å². The first kappa shape index (κ1) is 19.4. The van der Waals surface area contributed by atoms with Gasteiger partial charge in [0.2, 0.25) is 0 Å². The Hall–Kier alpha value is -1.63. The van der Waals surface area contributed by atoms with Crippen molar-refractivity contribution in [2.45, 2.75) is 26.8 Å². The molecule has 23 heavy (non-hydrogen) atoms. The highest BCUT2D eigenvalue weighted by Crippen LogP contribution is 2.05. The van der Waals surface area contributed by atoms with Gasteiger partial charge in [-0.3, -0.25) is 4.98 Å². The predicted molar refractivity (Wildman–Crippen MR) is 107 cm³/mol.